The Labute approximate surface area is 201 Å². The molecular formula is C28H23NO6. The third-order valence-corrected chi connectivity index (χ3v) is 7.39. The van der Waals surface area contributed by atoms with E-state index in [9.17, 15) is 10.0 Å². The zero-order valence-electron chi connectivity index (χ0n) is 18.6. The summed E-state index contributed by atoms with van der Waals surface area (Å²) in [6.45, 7) is 0. The Morgan fingerprint density at radius 1 is 0.571 bits per heavy atom. The van der Waals surface area contributed by atoms with Gasteiger partial charge in [0.1, 0.15) is 36.6 Å². The Hall–Kier alpha value is -3.20. The van der Waals surface area contributed by atoms with Crippen LogP contribution in [-0.4, -0.2) is 41.7 Å². The first-order chi connectivity index (χ1) is 17.2. The van der Waals surface area contributed by atoms with Crippen molar-refractivity contribution in [3.63, 3.8) is 0 Å². The molecule has 3 aliphatic rings. The lowest BCUT2D eigenvalue weighted by atomic mass is 9.84. The minimum absolute atomic E-state index is 0.734. The lowest BCUT2D eigenvalue weighted by Crippen LogP contribution is -2.60. The molecule has 4 aromatic carbocycles. The average Bonchev–Trinajstić information content (AvgIpc) is 3.54. The molecule has 8 atom stereocenters. The number of fused-ring (bicyclic) bond motifs is 4. The van der Waals surface area contributed by atoms with E-state index < -0.39 is 49.1 Å². The minimum Gasteiger partial charge on any atom is -0.387 e. The van der Waals surface area contributed by atoms with Gasteiger partial charge in [-0.3, -0.25) is 0 Å². The van der Waals surface area contributed by atoms with Gasteiger partial charge in [0, 0.05) is 11.1 Å². The maximum absolute atomic E-state index is 12.1. The van der Waals surface area contributed by atoms with Gasteiger partial charge in [-0.25, -0.2) is 0 Å². The highest BCUT2D eigenvalue weighted by atomic mass is 16.8. The zero-order valence-corrected chi connectivity index (χ0v) is 18.6. The van der Waals surface area contributed by atoms with Crippen molar-refractivity contribution in [2.24, 2.45) is 5.18 Å². The fourth-order valence-corrected chi connectivity index (χ4v) is 5.74. The number of hydrogen-bond acceptors (Lipinski definition) is 7. The van der Waals surface area contributed by atoms with Crippen LogP contribution < -0.4 is 0 Å². The van der Waals surface area contributed by atoms with E-state index >= 15 is 0 Å². The van der Waals surface area contributed by atoms with Crippen LogP contribution in [0.15, 0.2) is 90.1 Å². The van der Waals surface area contributed by atoms with Crippen molar-refractivity contribution in [1.29, 1.82) is 0 Å². The van der Waals surface area contributed by atoms with Gasteiger partial charge in [0.2, 0.25) is 0 Å². The fraction of sp³-hybridized carbons (Fsp3) is 0.286. The lowest BCUT2D eigenvalue weighted by Gasteiger charge is -2.37. The first-order valence-corrected chi connectivity index (χ1v) is 11.8. The lowest BCUT2D eigenvalue weighted by molar-refractivity contribution is -0.128. The molecule has 2 saturated heterocycles. The van der Waals surface area contributed by atoms with Crippen LogP contribution in [0.4, 0.5) is 0 Å². The summed E-state index contributed by atoms with van der Waals surface area (Å²) in [5.41, 5.74) is 1.69. The summed E-state index contributed by atoms with van der Waals surface area (Å²) in [7, 11) is 0. The average molecular weight is 469 g/mol. The highest BCUT2D eigenvalue weighted by Gasteiger charge is 2.61. The first-order valence-electron chi connectivity index (χ1n) is 11.8. The van der Waals surface area contributed by atoms with Crippen LogP contribution in [0.2, 0.25) is 0 Å². The van der Waals surface area contributed by atoms with E-state index in [1.807, 2.05) is 84.9 Å². The van der Waals surface area contributed by atoms with Gasteiger partial charge in [-0.2, -0.15) is 4.91 Å². The van der Waals surface area contributed by atoms with E-state index in [4.69, 9.17) is 18.9 Å². The van der Waals surface area contributed by atoms with Gasteiger partial charge in [-0.1, -0.05) is 90.1 Å². The summed E-state index contributed by atoms with van der Waals surface area (Å²) in [5.74, 6) is 0. The van der Waals surface area contributed by atoms with Crippen LogP contribution in [0.1, 0.15) is 23.7 Å². The van der Waals surface area contributed by atoms with Crippen LogP contribution in [0.5, 0.6) is 0 Å². The van der Waals surface area contributed by atoms with Crippen LogP contribution in [0.25, 0.3) is 21.5 Å². The van der Waals surface area contributed by atoms with Gasteiger partial charge in [0.25, 0.3) is 0 Å². The number of benzene rings is 4. The Bertz CT molecular complexity index is 1310. The van der Waals surface area contributed by atoms with Crippen LogP contribution in [0, 0.1) is 4.91 Å². The molecular weight excluding hydrogens is 446 g/mol. The van der Waals surface area contributed by atoms with Gasteiger partial charge in [-0.15, -0.1) is 0 Å². The highest BCUT2D eigenvalue weighted by molar-refractivity contribution is 5.86. The van der Waals surface area contributed by atoms with E-state index in [1.54, 1.807) is 0 Å². The second kappa shape index (κ2) is 8.19. The number of hydrogen-bond donors (Lipinski definition) is 1. The molecule has 3 fully saturated rings. The van der Waals surface area contributed by atoms with Gasteiger partial charge in [0.15, 0.2) is 12.6 Å². The molecule has 7 rings (SSSR count). The van der Waals surface area contributed by atoms with E-state index in [-0.39, 0.29) is 0 Å². The van der Waals surface area contributed by atoms with Crippen molar-refractivity contribution >= 4 is 21.5 Å². The van der Waals surface area contributed by atoms with Crippen LogP contribution in [-0.2, 0) is 18.9 Å². The van der Waals surface area contributed by atoms with Crippen molar-refractivity contribution in [2.75, 3.05) is 0 Å². The molecule has 1 saturated carbocycles. The largest absolute Gasteiger partial charge is 0.387 e. The standard InChI is InChI=1S/C28H23NO6/c30-22-25-23(32-27(34-25)19-13-5-9-15-7-1-3-11-17(15)19)21(29-31)24-26(22)35-28(33-24)20-14-6-10-16-8-2-4-12-18(16)20/h1-14,21-28,30H/t21?,22-,23-,24-,25-,26+,27?,28?/m0/s1. The van der Waals surface area contributed by atoms with Crippen molar-refractivity contribution in [1.82, 2.24) is 0 Å². The molecule has 0 aromatic heterocycles. The van der Waals surface area contributed by atoms with Crippen molar-refractivity contribution in [2.45, 2.75) is 49.1 Å². The third-order valence-electron chi connectivity index (χ3n) is 7.39. The molecule has 1 N–H and O–H groups in total. The SMILES string of the molecule is O=NC1[C@@H]2OC(c3cccc4ccccc34)O[C@@H]2[C@@H](O)[C@@H]2OC(c3cccc4ccccc34)O[C@@H]12. The first kappa shape index (κ1) is 21.1. The fourth-order valence-electron chi connectivity index (χ4n) is 5.74. The molecule has 176 valence electrons. The van der Waals surface area contributed by atoms with Gasteiger partial charge >= 0.3 is 0 Å². The molecule has 2 aliphatic heterocycles. The minimum atomic E-state index is -1.04. The van der Waals surface area contributed by atoms with Crippen molar-refractivity contribution < 1.29 is 24.1 Å². The summed E-state index contributed by atoms with van der Waals surface area (Å²) < 4.78 is 24.9. The Balaban J connectivity index is 1.20. The Kier molecular flexibility index (Phi) is 4.94. The Morgan fingerprint density at radius 2 is 1.00 bits per heavy atom. The van der Waals surface area contributed by atoms with E-state index in [1.165, 1.54) is 0 Å². The molecule has 2 heterocycles. The third kappa shape index (κ3) is 3.24. The molecule has 7 nitrogen and oxygen atoms in total. The monoisotopic (exact) mass is 469 g/mol. The summed E-state index contributed by atoms with van der Waals surface area (Å²) in [5, 5.41) is 18.7. The van der Waals surface area contributed by atoms with E-state index in [0.717, 1.165) is 32.7 Å². The molecule has 4 aromatic rings. The summed E-state index contributed by atoms with van der Waals surface area (Å²) in [6, 6.07) is 26.8. The number of aliphatic hydroxyl groups is 1. The Morgan fingerprint density at radius 3 is 1.49 bits per heavy atom. The number of ether oxygens (including phenoxy) is 4. The number of nitroso groups, excluding NO2 is 1. The molecule has 1 aliphatic carbocycles. The smallest absolute Gasteiger partial charge is 0.185 e. The molecule has 7 heteroatoms. The molecule has 35 heavy (non-hydrogen) atoms. The summed E-state index contributed by atoms with van der Waals surface area (Å²) in [6.07, 6.45) is -5.53. The van der Waals surface area contributed by atoms with E-state index in [2.05, 4.69) is 5.18 Å². The molecule has 0 spiro atoms. The topological polar surface area (TPSA) is 86.6 Å². The number of rotatable bonds is 3. The molecule has 0 amide bonds. The maximum Gasteiger partial charge on any atom is 0.185 e. The summed E-state index contributed by atoms with van der Waals surface area (Å²) in [4.78, 5) is 12.1. The quantitative estimate of drug-likeness (QED) is 0.435. The summed E-state index contributed by atoms with van der Waals surface area (Å²) >= 11 is 0. The van der Waals surface area contributed by atoms with Crippen molar-refractivity contribution in [3.05, 3.63) is 101 Å². The number of aliphatic hydroxyl groups excluding tert-OH is 1. The zero-order chi connectivity index (χ0) is 23.5. The second-order valence-corrected chi connectivity index (χ2v) is 9.29. The van der Waals surface area contributed by atoms with Crippen molar-refractivity contribution in [3.8, 4) is 0 Å². The van der Waals surface area contributed by atoms with Gasteiger partial charge in [0.05, 0.1) is 0 Å². The molecule has 0 radical (unpaired) electrons. The normalized spacial score (nSPS) is 34.1. The predicted molar refractivity (Wildman–Crippen MR) is 128 cm³/mol. The maximum atomic E-state index is 12.1. The number of nitrogens with zero attached hydrogens (tertiary/aromatic N) is 1. The highest BCUT2D eigenvalue weighted by Crippen LogP contribution is 2.47. The predicted octanol–water partition coefficient (Wildman–Crippen LogP) is 4.77. The van der Waals surface area contributed by atoms with E-state index in [0.29, 0.717) is 0 Å². The second-order valence-electron chi connectivity index (χ2n) is 9.29. The van der Waals surface area contributed by atoms with Gasteiger partial charge < -0.3 is 24.1 Å². The van der Waals surface area contributed by atoms with Crippen LogP contribution in [0.3, 0.4) is 0 Å². The van der Waals surface area contributed by atoms with Crippen LogP contribution >= 0.6 is 0 Å². The molecule has 3 unspecified atom stereocenters. The van der Waals surface area contributed by atoms with Gasteiger partial charge in [-0.05, 0) is 21.5 Å². The molecule has 0 bridgehead atoms.